The summed E-state index contributed by atoms with van der Waals surface area (Å²) in [6, 6.07) is 2.96. The van der Waals surface area contributed by atoms with Gasteiger partial charge < -0.3 is 20.3 Å². The fourth-order valence-corrected chi connectivity index (χ4v) is 3.21. The molecule has 0 aromatic heterocycles. The molecule has 0 amide bonds. The first-order valence-corrected chi connectivity index (χ1v) is 7.67. The lowest BCUT2D eigenvalue weighted by atomic mass is 10.2. The first-order chi connectivity index (χ1) is 9.08. The fraction of sp³-hybridized carbons (Fsp3) is 0.417. The van der Waals surface area contributed by atoms with E-state index < -0.39 is 12.0 Å². The molecule has 0 saturated carbocycles. The number of hydrogen-bond acceptors (Lipinski definition) is 5. The maximum Gasteiger partial charge on any atom is 0.321 e. The number of rotatable bonds is 5. The summed E-state index contributed by atoms with van der Waals surface area (Å²) in [4.78, 5) is 10.6. The minimum Gasteiger partial charge on any atom is -0.486 e. The number of aliphatic carboxylic acids is 1. The van der Waals surface area contributed by atoms with Crippen molar-refractivity contribution in [2.24, 2.45) is 5.73 Å². The number of halogens is 1. The molecule has 0 aliphatic carbocycles. The molecule has 2 rings (SSSR count). The number of nitrogens with two attached hydrogens (primary N) is 1. The van der Waals surface area contributed by atoms with Gasteiger partial charge in [-0.1, -0.05) is 15.9 Å². The lowest BCUT2D eigenvalue weighted by Crippen LogP contribution is -2.32. The zero-order chi connectivity index (χ0) is 13.8. The van der Waals surface area contributed by atoms with E-state index in [0.717, 1.165) is 21.5 Å². The highest BCUT2D eigenvalue weighted by Gasteiger charge is 2.16. The maximum absolute atomic E-state index is 10.6. The number of carbonyl (C=O) groups is 1. The van der Waals surface area contributed by atoms with Crippen molar-refractivity contribution in [1.82, 2.24) is 0 Å². The SMILES string of the molecule is N[C@@H](CSCc1cc2c(cc1Br)OCCO2)C(=O)O. The smallest absolute Gasteiger partial charge is 0.321 e. The van der Waals surface area contributed by atoms with Crippen LogP contribution in [-0.2, 0) is 10.5 Å². The second-order valence-corrected chi connectivity index (χ2v) is 5.93. The number of benzene rings is 1. The molecule has 1 aromatic carbocycles. The molecule has 0 radical (unpaired) electrons. The highest BCUT2D eigenvalue weighted by atomic mass is 79.9. The Kier molecular flexibility index (Phi) is 4.95. The van der Waals surface area contributed by atoms with Crippen molar-refractivity contribution in [3.63, 3.8) is 0 Å². The normalized spacial score (nSPS) is 15.1. The molecule has 0 spiro atoms. The van der Waals surface area contributed by atoms with Gasteiger partial charge in [-0.3, -0.25) is 4.79 Å². The van der Waals surface area contributed by atoms with Crippen LogP contribution in [0.2, 0.25) is 0 Å². The monoisotopic (exact) mass is 347 g/mol. The first kappa shape index (κ1) is 14.5. The largest absolute Gasteiger partial charge is 0.486 e. The molecule has 0 fully saturated rings. The van der Waals surface area contributed by atoms with E-state index >= 15 is 0 Å². The number of hydrogen-bond donors (Lipinski definition) is 2. The van der Waals surface area contributed by atoms with Crippen molar-refractivity contribution < 1.29 is 19.4 Å². The van der Waals surface area contributed by atoms with Gasteiger partial charge in [-0.2, -0.15) is 11.8 Å². The average Bonchev–Trinajstić information content (AvgIpc) is 2.39. The first-order valence-electron chi connectivity index (χ1n) is 5.72. The molecule has 3 N–H and O–H groups in total. The molecule has 0 saturated heterocycles. The Labute approximate surface area is 123 Å². The van der Waals surface area contributed by atoms with Crippen LogP contribution in [0.1, 0.15) is 5.56 Å². The van der Waals surface area contributed by atoms with Gasteiger partial charge in [0.05, 0.1) is 0 Å². The predicted molar refractivity (Wildman–Crippen MR) is 76.9 cm³/mol. The van der Waals surface area contributed by atoms with Gasteiger partial charge in [-0.05, 0) is 17.7 Å². The van der Waals surface area contributed by atoms with Gasteiger partial charge in [-0.15, -0.1) is 0 Å². The van der Waals surface area contributed by atoms with Crippen molar-refractivity contribution >= 4 is 33.7 Å². The lowest BCUT2D eigenvalue weighted by Gasteiger charge is -2.20. The molecule has 1 heterocycles. The minimum atomic E-state index is -0.978. The third kappa shape index (κ3) is 3.77. The van der Waals surface area contributed by atoms with E-state index in [1.54, 1.807) is 0 Å². The highest BCUT2D eigenvalue weighted by Crippen LogP contribution is 2.36. The van der Waals surface area contributed by atoms with Gasteiger partial charge in [0.15, 0.2) is 11.5 Å². The summed E-state index contributed by atoms with van der Waals surface area (Å²) in [6.45, 7) is 1.10. The zero-order valence-corrected chi connectivity index (χ0v) is 12.5. The molecule has 0 unspecified atom stereocenters. The Morgan fingerprint density at radius 3 is 2.68 bits per heavy atom. The van der Waals surface area contributed by atoms with Crippen molar-refractivity contribution in [3.05, 3.63) is 22.2 Å². The second-order valence-electron chi connectivity index (χ2n) is 4.05. The zero-order valence-electron chi connectivity index (χ0n) is 10.1. The van der Waals surface area contributed by atoms with E-state index in [0.29, 0.717) is 24.7 Å². The van der Waals surface area contributed by atoms with E-state index in [2.05, 4.69) is 15.9 Å². The maximum atomic E-state index is 10.6. The second kappa shape index (κ2) is 6.49. The summed E-state index contributed by atoms with van der Waals surface area (Å²) in [5.74, 6) is 1.52. The summed E-state index contributed by atoms with van der Waals surface area (Å²) in [7, 11) is 0. The Hall–Kier alpha value is -0.920. The van der Waals surface area contributed by atoms with E-state index in [1.165, 1.54) is 11.8 Å². The molecule has 19 heavy (non-hydrogen) atoms. The minimum absolute atomic E-state index is 0.371. The highest BCUT2D eigenvalue weighted by molar-refractivity contribution is 9.10. The van der Waals surface area contributed by atoms with Crippen molar-refractivity contribution in [2.45, 2.75) is 11.8 Å². The number of thioether (sulfide) groups is 1. The Bertz CT molecular complexity index is 483. The van der Waals surface area contributed by atoms with Crippen LogP contribution in [-0.4, -0.2) is 36.1 Å². The molecule has 7 heteroatoms. The van der Waals surface area contributed by atoms with Gasteiger partial charge in [-0.25, -0.2) is 0 Å². The number of fused-ring (bicyclic) bond motifs is 1. The quantitative estimate of drug-likeness (QED) is 0.845. The van der Waals surface area contributed by atoms with Gasteiger partial charge in [0.2, 0.25) is 0 Å². The average molecular weight is 348 g/mol. The number of carboxylic acid groups (broad SMARTS) is 1. The standard InChI is InChI=1S/C12H14BrNO4S/c13-8-4-11-10(17-1-2-18-11)3-7(8)5-19-6-9(14)12(15)16/h3-4,9H,1-2,5-6,14H2,(H,15,16)/t9-/m0/s1. The van der Waals surface area contributed by atoms with Crippen LogP contribution in [0.3, 0.4) is 0 Å². The van der Waals surface area contributed by atoms with Crippen LogP contribution in [0.5, 0.6) is 11.5 Å². The molecule has 5 nitrogen and oxygen atoms in total. The third-order valence-electron chi connectivity index (χ3n) is 2.58. The number of ether oxygens (including phenoxy) is 2. The molecule has 1 aromatic rings. The Morgan fingerprint density at radius 1 is 1.42 bits per heavy atom. The van der Waals surface area contributed by atoms with Crippen LogP contribution >= 0.6 is 27.7 Å². The van der Waals surface area contributed by atoms with Gasteiger partial charge in [0.1, 0.15) is 19.3 Å². The van der Waals surface area contributed by atoms with Crippen LogP contribution in [0, 0.1) is 0 Å². The van der Waals surface area contributed by atoms with E-state index in [4.69, 9.17) is 20.3 Å². The third-order valence-corrected chi connectivity index (χ3v) is 4.43. The Morgan fingerprint density at radius 2 is 2.05 bits per heavy atom. The van der Waals surface area contributed by atoms with Crippen LogP contribution in [0.25, 0.3) is 0 Å². The molecular weight excluding hydrogens is 334 g/mol. The topological polar surface area (TPSA) is 81.8 Å². The van der Waals surface area contributed by atoms with Gasteiger partial charge >= 0.3 is 5.97 Å². The molecule has 1 aliphatic heterocycles. The molecule has 1 aliphatic rings. The predicted octanol–water partition coefficient (Wildman–Crippen LogP) is 1.87. The molecule has 104 valence electrons. The van der Waals surface area contributed by atoms with Gasteiger partial charge in [0.25, 0.3) is 0 Å². The summed E-state index contributed by atoms with van der Waals surface area (Å²) in [6.07, 6.45) is 0. The summed E-state index contributed by atoms with van der Waals surface area (Å²) < 4.78 is 11.9. The number of carboxylic acids is 1. The van der Waals surface area contributed by atoms with Crippen molar-refractivity contribution in [1.29, 1.82) is 0 Å². The van der Waals surface area contributed by atoms with Crippen molar-refractivity contribution in [2.75, 3.05) is 19.0 Å². The van der Waals surface area contributed by atoms with Gasteiger partial charge in [0, 0.05) is 16.0 Å². The Balaban J connectivity index is 1.98. The van der Waals surface area contributed by atoms with E-state index in [9.17, 15) is 4.79 Å². The van der Waals surface area contributed by atoms with Crippen LogP contribution < -0.4 is 15.2 Å². The molecule has 0 bridgehead atoms. The lowest BCUT2D eigenvalue weighted by molar-refractivity contribution is -0.137. The summed E-state index contributed by atoms with van der Waals surface area (Å²) >= 11 is 4.95. The van der Waals surface area contributed by atoms with Crippen LogP contribution in [0.4, 0.5) is 0 Å². The van der Waals surface area contributed by atoms with E-state index in [1.807, 2.05) is 12.1 Å². The fourth-order valence-electron chi connectivity index (χ4n) is 1.58. The summed E-state index contributed by atoms with van der Waals surface area (Å²) in [5.41, 5.74) is 6.49. The molecule has 1 atom stereocenters. The van der Waals surface area contributed by atoms with E-state index in [-0.39, 0.29) is 0 Å². The summed E-state index contributed by atoms with van der Waals surface area (Å²) in [5, 5.41) is 8.71. The van der Waals surface area contributed by atoms with Crippen molar-refractivity contribution in [3.8, 4) is 11.5 Å². The molecular formula is C12H14BrNO4S. The van der Waals surface area contributed by atoms with Crippen LogP contribution in [0.15, 0.2) is 16.6 Å².